The minimum absolute atomic E-state index is 0.0585. The Hall–Kier alpha value is -2.45. The zero-order valence-electron chi connectivity index (χ0n) is 14.6. The first-order valence-corrected chi connectivity index (χ1v) is 8.69. The van der Waals surface area contributed by atoms with Gasteiger partial charge in [-0.2, -0.15) is 0 Å². The van der Waals surface area contributed by atoms with Crippen LogP contribution in [0.4, 0.5) is 5.69 Å². The van der Waals surface area contributed by atoms with E-state index in [2.05, 4.69) is 50.2 Å². The Morgan fingerprint density at radius 1 is 0.840 bits per heavy atom. The molecule has 2 nitrogen and oxygen atoms in total. The van der Waals surface area contributed by atoms with Gasteiger partial charge in [0, 0.05) is 27.3 Å². The molecule has 0 heterocycles. The van der Waals surface area contributed by atoms with Crippen LogP contribution in [-0.4, -0.2) is 7.11 Å². The van der Waals surface area contributed by atoms with E-state index in [4.69, 9.17) is 22.1 Å². The molecule has 3 heteroatoms. The third-order valence-electron chi connectivity index (χ3n) is 5.21. The number of rotatable bonds is 2. The standard InChI is InChI=1S/C22H20ClNO/c1-22(2)18-7-5-4-6-14(18)15-11-16(20(24)12-19(15)22)17-10-13(23)8-9-21(17)25-3/h4-12H,24H2,1-3H3. The van der Waals surface area contributed by atoms with Gasteiger partial charge in [-0.25, -0.2) is 0 Å². The number of hydrogen-bond acceptors (Lipinski definition) is 2. The largest absolute Gasteiger partial charge is 0.496 e. The molecular formula is C22H20ClNO. The van der Waals surface area contributed by atoms with Crippen LogP contribution in [-0.2, 0) is 5.41 Å². The minimum Gasteiger partial charge on any atom is -0.496 e. The molecule has 25 heavy (non-hydrogen) atoms. The number of halogens is 1. The molecule has 0 amide bonds. The van der Waals surface area contributed by atoms with Crippen LogP contribution in [0.15, 0.2) is 54.6 Å². The number of anilines is 1. The second kappa shape index (κ2) is 5.53. The molecule has 126 valence electrons. The summed E-state index contributed by atoms with van der Waals surface area (Å²) in [6.45, 7) is 4.49. The fraction of sp³-hybridized carbons (Fsp3) is 0.182. The van der Waals surface area contributed by atoms with Crippen molar-refractivity contribution in [2.45, 2.75) is 19.3 Å². The van der Waals surface area contributed by atoms with Crippen molar-refractivity contribution in [1.29, 1.82) is 0 Å². The molecular weight excluding hydrogens is 330 g/mol. The molecule has 0 atom stereocenters. The van der Waals surface area contributed by atoms with E-state index in [1.807, 2.05) is 18.2 Å². The van der Waals surface area contributed by atoms with Crippen LogP contribution in [0.3, 0.4) is 0 Å². The van der Waals surface area contributed by atoms with Gasteiger partial charge in [0.05, 0.1) is 7.11 Å². The molecule has 0 radical (unpaired) electrons. The molecule has 0 saturated heterocycles. The number of hydrogen-bond donors (Lipinski definition) is 1. The van der Waals surface area contributed by atoms with E-state index >= 15 is 0 Å². The van der Waals surface area contributed by atoms with Crippen LogP contribution in [0.5, 0.6) is 5.75 Å². The van der Waals surface area contributed by atoms with Crippen LogP contribution >= 0.6 is 11.6 Å². The molecule has 0 unspecified atom stereocenters. The smallest absolute Gasteiger partial charge is 0.126 e. The third kappa shape index (κ3) is 2.32. The van der Waals surface area contributed by atoms with E-state index in [1.54, 1.807) is 7.11 Å². The summed E-state index contributed by atoms with van der Waals surface area (Å²) in [4.78, 5) is 0. The second-order valence-electron chi connectivity index (χ2n) is 7.00. The van der Waals surface area contributed by atoms with Gasteiger partial charge in [-0.05, 0) is 52.6 Å². The quantitative estimate of drug-likeness (QED) is 0.584. The van der Waals surface area contributed by atoms with Crippen molar-refractivity contribution in [3.05, 3.63) is 70.7 Å². The summed E-state index contributed by atoms with van der Waals surface area (Å²) >= 11 is 6.22. The summed E-state index contributed by atoms with van der Waals surface area (Å²) in [7, 11) is 1.66. The van der Waals surface area contributed by atoms with Crippen molar-refractivity contribution in [3.63, 3.8) is 0 Å². The van der Waals surface area contributed by atoms with Crippen LogP contribution in [0.2, 0.25) is 5.02 Å². The number of nitrogen functional groups attached to an aromatic ring is 1. The van der Waals surface area contributed by atoms with E-state index in [-0.39, 0.29) is 5.41 Å². The zero-order chi connectivity index (χ0) is 17.8. The number of ether oxygens (including phenoxy) is 1. The van der Waals surface area contributed by atoms with Gasteiger partial charge >= 0.3 is 0 Å². The summed E-state index contributed by atoms with van der Waals surface area (Å²) in [5.74, 6) is 0.765. The molecule has 0 aliphatic heterocycles. The van der Waals surface area contributed by atoms with E-state index in [0.29, 0.717) is 5.02 Å². The second-order valence-corrected chi connectivity index (χ2v) is 7.44. The Morgan fingerprint density at radius 2 is 1.60 bits per heavy atom. The maximum atomic E-state index is 6.46. The van der Waals surface area contributed by atoms with E-state index in [0.717, 1.165) is 22.6 Å². The molecule has 0 aromatic heterocycles. The zero-order valence-corrected chi connectivity index (χ0v) is 15.3. The maximum absolute atomic E-state index is 6.46. The lowest BCUT2D eigenvalue weighted by Crippen LogP contribution is -2.15. The van der Waals surface area contributed by atoms with Gasteiger partial charge in [-0.15, -0.1) is 0 Å². The van der Waals surface area contributed by atoms with Crippen LogP contribution in [0, 0.1) is 0 Å². The number of methoxy groups -OCH3 is 1. The molecule has 0 spiro atoms. The average molecular weight is 350 g/mol. The molecule has 0 fully saturated rings. The SMILES string of the molecule is COc1ccc(Cl)cc1-c1cc2c(cc1N)C(C)(C)c1ccccc1-2. The lowest BCUT2D eigenvalue weighted by molar-refractivity contribution is 0.416. The van der Waals surface area contributed by atoms with Gasteiger partial charge in [0.2, 0.25) is 0 Å². The first-order valence-electron chi connectivity index (χ1n) is 8.31. The van der Waals surface area contributed by atoms with Gasteiger partial charge in [-0.3, -0.25) is 0 Å². The summed E-state index contributed by atoms with van der Waals surface area (Å²) in [6, 6.07) is 18.4. The lowest BCUT2D eigenvalue weighted by atomic mass is 9.82. The molecule has 0 bridgehead atoms. The van der Waals surface area contributed by atoms with Gasteiger partial charge in [0.15, 0.2) is 0 Å². The molecule has 2 N–H and O–H groups in total. The first-order chi connectivity index (χ1) is 11.9. The molecule has 1 aliphatic carbocycles. The Morgan fingerprint density at radius 3 is 2.36 bits per heavy atom. The maximum Gasteiger partial charge on any atom is 0.126 e. The third-order valence-corrected chi connectivity index (χ3v) is 5.44. The Bertz CT molecular complexity index is 991. The molecule has 1 aliphatic rings. The Kier molecular flexibility index (Phi) is 3.55. The normalized spacial score (nSPS) is 14.1. The van der Waals surface area contributed by atoms with E-state index < -0.39 is 0 Å². The summed E-state index contributed by atoms with van der Waals surface area (Å²) in [5.41, 5.74) is 14.1. The van der Waals surface area contributed by atoms with E-state index in [1.165, 1.54) is 22.3 Å². The Balaban J connectivity index is 2.01. The number of benzene rings is 3. The van der Waals surface area contributed by atoms with Gasteiger partial charge in [0.25, 0.3) is 0 Å². The highest BCUT2D eigenvalue weighted by Crippen LogP contribution is 2.51. The first kappa shape index (κ1) is 16.0. The monoisotopic (exact) mass is 349 g/mol. The lowest BCUT2D eigenvalue weighted by Gasteiger charge is -2.22. The number of fused-ring (bicyclic) bond motifs is 3. The topological polar surface area (TPSA) is 35.2 Å². The Labute approximate surface area is 153 Å². The van der Waals surface area contributed by atoms with Gasteiger partial charge < -0.3 is 10.5 Å². The fourth-order valence-electron chi connectivity index (χ4n) is 3.89. The summed E-state index contributed by atoms with van der Waals surface area (Å²) < 4.78 is 5.53. The van der Waals surface area contributed by atoms with Gasteiger partial charge in [0.1, 0.15) is 5.75 Å². The average Bonchev–Trinajstić information content (AvgIpc) is 2.82. The van der Waals surface area contributed by atoms with Crippen LogP contribution in [0.25, 0.3) is 22.3 Å². The highest BCUT2D eigenvalue weighted by molar-refractivity contribution is 6.31. The van der Waals surface area contributed by atoms with Crippen LogP contribution < -0.4 is 10.5 Å². The van der Waals surface area contributed by atoms with Crippen molar-refractivity contribution in [3.8, 4) is 28.0 Å². The predicted molar refractivity (Wildman–Crippen MR) is 105 cm³/mol. The minimum atomic E-state index is -0.0585. The van der Waals surface area contributed by atoms with Crippen molar-refractivity contribution in [2.75, 3.05) is 12.8 Å². The molecule has 3 aromatic carbocycles. The van der Waals surface area contributed by atoms with Crippen molar-refractivity contribution >= 4 is 17.3 Å². The highest BCUT2D eigenvalue weighted by atomic mass is 35.5. The van der Waals surface area contributed by atoms with E-state index in [9.17, 15) is 0 Å². The van der Waals surface area contributed by atoms with Crippen molar-refractivity contribution in [1.82, 2.24) is 0 Å². The fourth-order valence-corrected chi connectivity index (χ4v) is 4.06. The summed E-state index contributed by atoms with van der Waals surface area (Å²) in [5, 5.41) is 0.663. The summed E-state index contributed by atoms with van der Waals surface area (Å²) in [6.07, 6.45) is 0. The van der Waals surface area contributed by atoms with Gasteiger partial charge in [-0.1, -0.05) is 49.7 Å². The van der Waals surface area contributed by atoms with Crippen molar-refractivity contribution < 1.29 is 4.74 Å². The molecule has 4 rings (SSSR count). The highest BCUT2D eigenvalue weighted by Gasteiger charge is 2.35. The predicted octanol–water partition coefficient (Wildman–Crippen LogP) is 5.90. The van der Waals surface area contributed by atoms with Crippen molar-refractivity contribution in [2.24, 2.45) is 0 Å². The molecule has 0 saturated carbocycles. The molecule has 3 aromatic rings. The van der Waals surface area contributed by atoms with Crippen LogP contribution in [0.1, 0.15) is 25.0 Å². The number of nitrogens with two attached hydrogens (primary N) is 1.